The Morgan fingerprint density at radius 1 is 1.04 bits per heavy atom. The maximum absolute atomic E-state index is 12.9. The molecule has 1 aromatic rings. The summed E-state index contributed by atoms with van der Waals surface area (Å²) in [6.07, 6.45) is 6.35. The first-order valence-corrected chi connectivity index (χ1v) is 11.2. The molecule has 0 atom stereocenters. The lowest BCUT2D eigenvalue weighted by molar-refractivity contribution is -0.157. The summed E-state index contributed by atoms with van der Waals surface area (Å²) < 4.78 is 44.3. The number of carbonyl (C=O) groups excluding carboxylic acids is 2. The van der Waals surface area contributed by atoms with Gasteiger partial charge in [-0.3, -0.25) is 9.59 Å². The summed E-state index contributed by atoms with van der Waals surface area (Å²) in [5.41, 5.74) is -0.345. The average molecular weight is 409 g/mol. The molecule has 1 aromatic carbocycles. The number of rotatable bonds is 7. The van der Waals surface area contributed by atoms with Crippen LogP contribution in [0.1, 0.15) is 38.5 Å². The summed E-state index contributed by atoms with van der Waals surface area (Å²) in [6.45, 7) is -0.878. The molecule has 4 fully saturated rings. The summed E-state index contributed by atoms with van der Waals surface area (Å²) in [5, 5.41) is 0. The molecule has 28 heavy (non-hydrogen) atoms. The van der Waals surface area contributed by atoms with Gasteiger partial charge >= 0.3 is 5.97 Å². The Labute approximate surface area is 163 Å². The van der Waals surface area contributed by atoms with E-state index in [0.717, 1.165) is 43.5 Å². The minimum Gasteiger partial charge on any atom is -0.457 e. The fraction of sp³-hybridized carbons (Fsp3) is 0.600. The summed E-state index contributed by atoms with van der Waals surface area (Å²) in [7, 11) is -3.95. The Kier molecular flexibility index (Phi) is 5.03. The van der Waals surface area contributed by atoms with E-state index in [1.54, 1.807) is 0 Å². The van der Waals surface area contributed by atoms with E-state index in [9.17, 15) is 22.4 Å². The summed E-state index contributed by atoms with van der Waals surface area (Å²) in [5.74, 6) is 0.474. The highest BCUT2D eigenvalue weighted by Crippen LogP contribution is 2.60. The fourth-order valence-electron chi connectivity index (χ4n) is 5.65. The molecule has 6 nitrogen and oxygen atoms in total. The maximum Gasteiger partial charge on any atom is 0.321 e. The van der Waals surface area contributed by atoms with Gasteiger partial charge < -0.3 is 4.74 Å². The number of benzene rings is 1. The number of nitrogens with one attached hydrogen (secondary N) is 1. The molecule has 4 bridgehead atoms. The molecule has 0 unspecified atom stereocenters. The maximum atomic E-state index is 12.9. The molecule has 0 spiro atoms. The quantitative estimate of drug-likeness (QED) is 0.699. The van der Waals surface area contributed by atoms with Gasteiger partial charge in [-0.15, -0.1) is 0 Å². The molecule has 4 aliphatic rings. The minimum absolute atomic E-state index is 0.0265. The average Bonchev–Trinajstić information content (AvgIpc) is 2.64. The van der Waals surface area contributed by atoms with Gasteiger partial charge in [-0.25, -0.2) is 12.8 Å². The lowest BCUT2D eigenvalue weighted by Gasteiger charge is -2.55. The number of ketones is 1. The Balaban J connectivity index is 1.29. The van der Waals surface area contributed by atoms with Crippen molar-refractivity contribution in [2.45, 2.75) is 43.4 Å². The Hall–Kier alpha value is -1.80. The topological polar surface area (TPSA) is 89.5 Å². The van der Waals surface area contributed by atoms with Gasteiger partial charge in [0.1, 0.15) is 12.4 Å². The summed E-state index contributed by atoms with van der Waals surface area (Å²) >= 11 is 0. The SMILES string of the molecule is O=C(CNS(=O)(=O)c1ccc(F)cc1)OCC(=O)C12CC3CC(CC(C3)C1)C2. The van der Waals surface area contributed by atoms with E-state index in [1.807, 2.05) is 0 Å². The third-order valence-electron chi connectivity index (χ3n) is 6.52. The van der Waals surface area contributed by atoms with Crippen LogP contribution in [0.2, 0.25) is 0 Å². The highest BCUT2D eigenvalue weighted by atomic mass is 32.2. The van der Waals surface area contributed by atoms with Crippen molar-refractivity contribution in [2.75, 3.05) is 13.2 Å². The Morgan fingerprint density at radius 3 is 2.11 bits per heavy atom. The van der Waals surface area contributed by atoms with E-state index >= 15 is 0 Å². The van der Waals surface area contributed by atoms with E-state index in [1.165, 1.54) is 19.3 Å². The zero-order valence-corrected chi connectivity index (χ0v) is 16.3. The van der Waals surface area contributed by atoms with E-state index in [-0.39, 0.29) is 22.7 Å². The number of esters is 1. The number of ether oxygens (including phenoxy) is 1. The van der Waals surface area contributed by atoms with Gasteiger partial charge in [-0.1, -0.05) is 0 Å². The van der Waals surface area contributed by atoms with Crippen molar-refractivity contribution in [3.63, 3.8) is 0 Å². The first kappa shape index (κ1) is 19.5. The molecule has 4 saturated carbocycles. The predicted octanol–water partition coefficient (Wildman–Crippen LogP) is 2.43. The van der Waals surface area contributed by atoms with Crippen molar-refractivity contribution in [2.24, 2.45) is 23.2 Å². The highest BCUT2D eigenvalue weighted by Gasteiger charge is 2.54. The van der Waals surface area contributed by atoms with Crippen LogP contribution in [0.3, 0.4) is 0 Å². The summed E-state index contributed by atoms with van der Waals surface area (Å²) in [4.78, 5) is 24.6. The largest absolute Gasteiger partial charge is 0.457 e. The van der Waals surface area contributed by atoms with Crippen molar-refractivity contribution in [3.05, 3.63) is 30.1 Å². The van der Waals surface area contributed by atoms with E-state index < -0.39 is 28.4 Å². The molecule has 0 saturated heterocycles. The fourth-order valence-corrected chi connectivity index (χ4v) is 6.62. The van der Waals surface area contributed by atoms with Crippen molar-refractivity contribution in [3.8, 4) is 0 Å². The van der Waals surface area contributed by atoms with Gasteiger partial charge in [0.25, 0.3) is 0 Å². The van der Waals surface area contributed by atoms with E-state index in [4.69, 9.17) is 4.74 Å². The molecule has 0 heterocycles. The molecule has 0 aromatic heterocycles. The van der Waals surface area contributed by atoms with Crippen LogP contribution < -0.4 is 4.72 Å². The van der Waals surface area contributed by atoms with Crippen LogP contribution in [0, 0.1) is 29.0 Å². The molecular formula is C20H24FNO5S. The normalized spacial score (nSPS) is 31.0. The standard InChI is InChI=1S/C20H24FNO5S/c21-16-1-3-17(4-2-16)28(25,26)22-11-19(24)27-12-18(23)20-8-13-5-14(9-20)7-15(6-13)10-20/h1-4,13-15,22H,5-12H2. The second-order valence-electron chi connectivity index (χ2n) is 8.56. The molecule has 0 aliphatic heterocycles. The zero-order chi connectivity index (χ0) is 19.9. The van der Waals surface area contributed by atoms with E-state index in [2.05, 4.69) is 4.72 Å². The predicted molar refractivity (Wildman–Crippen MR) is 98.2 cm³/mol. The smallest absolute Gasteiger partial charge is 0.321 e. The van der Waals surface area contributed by atoms with Crippen molar-refractivity contribution < 1.29 is 27.1 Å². The lowest BCUT2D eigenvalue weighted by Crippen LogP contribution is -2.51. The van der Waals surface area contributed by atoms with Crippen LogP contribution in [-0.4, -0.2) is 33.3 Å². The van der Waals surface area contributed by atoms with Crippen LogP contribution in [0.15, 0.2) is 29.2 Å². The van der Waals surface area contributed by atoms with Gasteiger partial charge in [0.05, 0.1) is 4.90 Å². The third kappa shape index (κ3) is 3.85. The van der Waals surface area contributed by atoms with Gasteiger partial charge in [0.2, 0.25) is 10.0 Å². The van der Waals surface area contributed by atoms with Crippen molar-refractivity contribution in [1.82, 2.24) is 4.72 Å². The first-order chi connectivity index (χ1) is 13.3. The second-order valence-corrected chi connectivity index (χ2v) is 10.3. The number of carbonyl (C=O) groups is 2. The highest BCUT2D eigenvalue weighted by molar-refractivity contribution is 7.89. The van der Waals surface area contributed by atoms with Crippen LogP contribution in [-0.2, 0) is 24.3 Å². The lowest BCUT2D eigenvalue weighted by atomic mass is 9.48. The molecule has 4 aliphatic carbocycles. The van der Waals surface area contributed by atoms with Crippen molar-refractivity contribution >= 4 is 21.8 Å². The van der Waals surface area contributed by atoms with Crippen LogP contribution in [0.5, 0.6) is 0 Å². The molecule has 8 heteroatoms. The number of Topliss-reactive ketones (excluding diaryl/α,β-unsaturated/α-hetero) is 1. The minimum atomic E-state index is -3.95. The molecule has 0 amide bonds. The van der Waals surface area contributed by atoms with Gasteiger partial charge in [-0.2, -0.15) is 4.72 Å². The Bertz CT molecular complexity index is 845. The van der Waals surface area contributed by atoms with Gasteiger partial charge in [0.15, 0.2) is 12.4 Å². The number of sulfonamides is 1. The van der Waals surface area contributed by atoms with Crippen LogP contribution in [0.25, 0.3) is 0 Å². The second kappa shape index (κ2) is 7.22. The van der Waals surface area contributed by atoms with Crippen LogP contribution in [0.4, 0.5) is 4.39 Å². The molecule has 152 valence electrons. The third-order valence-corrected chi connectivity index (χ3v) is 7.94. The first-order valence-electron chi connectivity index (χ1n) is 9.70. The van der Waals surface area contributed by atoms with Gasteiger partial charge in [0, 0.05) is 5.41 Å². The molecule has 5 rings (SSSR count). The van der Waals surface area contributed by atoms with Crippen molar-refractivity contribution in [1.29, 1.82) is 0 Å². The molecular weight excluding hydrogens is 385 g/mol. The number of halogens is 1. The van der Waals surface area contributed by atoms with Gasteiger partial charge in [-0.05, 0) is 80.5 Å². The molecule has 0 radical (unpaired) electrons. The monoisotopic (exact) mass is 409 g/mol. The van der Waals surface area contributed by atoms with E-state index in [0.29, 0.717) is 17.8 Å². The number of hydrogen-bond acceptors (Lipinski definition) is 5. The summed E-state index contributed by atoms with van der Waals surface area (Å²) in [6, 6.07) is 4.27. The Morgan fingerprint density at radius 2 is 1.57 bits per heavy atom. The molecule has 1 N–H and O–H groups in total. The van der Waals surface area contributed by atoms with Crippen LogP contribution >= 0.6 is 0 Å². The zero-order valence-electron chi connectivity index (χ0n) is 15.5. The number of hydrogen-bond donors (Lipinski definition) is 1.